The molecule has 184 valence electrons. The summed E-state index contributed by atoms with van der Waals surface area (Å²) in [6, 6.07) is 16.0. The molecule has 1 saturated carbocycles. The quantitative estimate of drug-likeness (QED) is 0.667. The zero-order chi connectivity index (χ0) is 24.5. The number of carboxylic acid groups (broad SMARTS) is 1. The highest BCUT2D eigenvalue weighted by atomic mass is 16.5. The molecule has 7 heteroatoms. The van der Waals surface area contributed by atoms with E-state index in [1.165, 1.54) is 22.3 Å². The Kier molecular flexibility index (Phi) is 6.50. The summed E-state index contributed by atoms with van der Waals surface area (Å²) >= 11 is 0. The number of ether oxygens (including phenoxy) is 1. The molecule has 2 aromatic rings. The molecule has 2 aromatic carbocycles. The summed E-state index contributed by atoms with van der Waals surface area (Å²) < 4.78 is 5.66. The van der Waals surface area contributed by atoms with Crippen LogP contribution in [0.3, 0.4) is 0 Å². The van der Waals surface area contributed by atoms with Crippen LogP contribution in [0.15, 0.2) is 48.5 Å². The van der Waals surface area contributed by atoms with Gasteiger partial charge in [0.1, 0.15) is 6.61 Å². The van der Waals surface area contributed by atoms with Gasteiger partial charge in [-0.1, -0.05) is 48.5 Å². The molecule has 1 heterocycles. The summed E-state index contributed by atoms with van der Waals surface area (Å²) in [6.07, 6.45) is 2.82. The third-order valence-corrected chi connectivity index (χ3v) is 8.04. The average Bonchev–Trinajstić information content (AvgIpc) is 3.45. The van der Waals surface area contributed by atoms with E-state index in [9.17, 15) is 19.5 Å². The molecule has 2 N–H and O–H groups in total. The van der Waals surface area contributed by atoms with Crippen LogP contribution >= 0.6 is 0 Å². The number of hydrogen-bond donors (Lipinski definition) is 2. The first-order valence-electron chi connectivity index (χ1n) is 12.6. The second-order valence-electron chi connectivity index (χ2n) is 10.0. The van der Waals surface area contributed by atoms with E-state index in [-0.39, 0.29) is 36.4 Å². The van der Waals surface area contributed by atoms with Gasteiger partial charge in [0.15, 0.2) is 0 Å². The minimum atomic E-state index is -0.837. The largest absolute Gasteiger partial charge is 0.481 e. The number of piperidine rings is 1. The van der Waals surface area contributed by atoms with Crippen molar-refractivity contribution in [1.29, 1.82) is 0 Å². The number of aliphatic carboxylic acids is 1. The van der Waals surface area contributed by atoms with Gasteiger partial charge in [-0.25, -0.2) is 4.79 Å². The van der Waals surface area contributed by atoms with Gasteiger partial charge in [0.2, 0.25) is 5.91 Å². The van der Waals surface area contributed by atoms with Crippen LogP contribution in [0.4, 0.5) is 4.79 Å². The van der Waals surface area contributed by atoms with Crippen molar-refractivity contribution in [2.24, 2.45) is 11.8 Å². The second kappa shape index (κ2) is 9.72. The molecular formula is C28H32N2O5. The molecule has 7 nitrogen and oxygen atoms in total. The second-order valence-corrected chi connectivity index (χ2v) is 10.0. The molecule has 4 atom stereocenters. The molecule has 0 radical (unpaired) electrons. The molecule has 0 aromatic heterocycles. The molecule has 35 heavy (non-hydrogen) atoms. The maximum absolute atomic E-state index is 13.1. The van der Waals surface area contributed by atoms with Crippen LogP contribution in [0.1, 0.15) is 56.1 Å². The number of nitrogens with zero attached hydrogens (tertiary/aromatic N) is 1. The van der Waals surface area contributed by atoms with E-state index in [1.807, 2.05) is 31.2 Å². The fraction of sp³-hybridized carbons (Fsp3) is 0.464. The topological polar surface area (TPSA) is 95.9 Å². The first-order valence-corrected chi connectivity index (χ1v) is 12.6. The average molecular weight is 477 g/mol. The fourth-order valence-corrected chi connectivity index (χ4v) is 6.16. The lowest BCUT2D eigenvalue weighted by molar-refractivity contribution is -0.150. The Balaban J connectivity index is 1.15. The first-order chi connectivity index (χ1) is 16.9. The van der Waals surface area contributed by atoms with Crippen LogP contribution in [0.2, 0.25) is 0 Å². The van der Waals surface area contributed by atoms with Gasteiger partial charge < -0.3 is 20.1 Å². The Morgan fingerprint density at radius 3 is 2.31 bits per heavy atom. The highest BCUT2D eigenvalue weighted by Gasteiger charge is 2.40. The number of benzene rings is 2. The van der Waals surface area contributed by atoms with Gasteiger partial charge >= 0.3 is 12.1 Å². The molecule has 2 unspecified atom stereocenters. The lowest BCUT2D eigenvalue weighted by Crippen LogP contribution is -2.51. The van der Waals surface area contributed by atoms with Gasteiger partial charge in [-0.3, -0.25) is 9.59 Å². The minimum absolute atomic E-state index is 0.00817. The Bertz CT molecular complexity index is 1090. The summed E-state index contributed by atoms with van der Waals surface area (Å²) in [6.45, 7) is 2.69. The van der Waals surface area contributed by atoms with Crippen molar-refractivity contribution >= 4 is 18.0 Å². The van der Waals surface area contributed by atoms with Gasteiger partial charge in [-0.05, 0) is 61.3 Å². The van der Waals surface area contributed by atoms with Gasteiger partial charge in [-0.15, -0.1) is 0 Å². The van der Waals surface area contributed by atoms with Crippen LogP contribution < -0.4 is 5.32 Å². The van der Waals surface area contributed by atoms with Crippen molar-refractivity contribution in [3.8, 4) is 11.1 Å². The summed E-state index contributed by atoms with van der Waals surface area (Å²) in [5, 5.41) is 12.4. The van der Waals surface area contributed by atoms with Gasteiger partial charge in [0.05, 0.1) is 5.92 Å². The Hall–Kier alpha value is -3.35. The maximum atomic E-state index is 13.1. The SMILES string of the molecule is CC1C(C(=O)O)CCCN1C(=O)[C@@H]1CC[C@H](NC(=O)OCC2c3ccccc3-c3ccccc32)C1. The number of likely N-dealkylation sites (tertiary alicyclic amines) is 1. The summed E-state index contributed by atoms with van der Waals surface area (Å²) in [7, 11) is 0. The van der Waals surface area contributed by atoms with Gasteiger partial charge in [0.25, 0.3) is 0 Å². The van der Waals surface area contributed by atoms with E-state index in [0.717, 1.165) is 0 Å². The molecule has 3 aliphatic rings. The fourth-order valence-electron chi connectivity index (χ4n) is 6.16. The predicted molar refractivity (Wildman–Crippen MR) is 131 cm³/mol. The van der Waals surface area contributed by atoms with E-state index in [2.05, 4.69) is 29.6 Å². The molecule has 2 amide bonds. The number of amides is 2. The van der Waals surface area contributed by atoms with Crippen LogP contribution in [0, 0.1) is 11.8 Å². The van der Waals surface area contributed by atoms with E-state index >= 15 is 0 Å². The standard InChI is InChI=1S/C28H32N2O5/c1-17-20(27(32)33)11-6-14-30(17)26(31)18-12-13-19(15-18)29-28(34)35-16-25-23-9-4-2-7-21(23)22-8-3-5-10-24(22)25/h2-5,7-10,17-20,25H,6,11-16H2,1H3,(H,29,34)(H,32,33)/t17?,18-,19+,20?/m1/s1. The van der Waals surface area contributed by atoms with Crippen LogP contribution in [0.5, 0.6) is 0 Å². The number of fused-ring (bicyclic) bond motifs is 3. The third-order valence-electron chi connectivity index (χ3n) is 8.04. The molecule has 5 rings (SSSR count). The molecule has 2 aliphatic carbocycles. The highest BCUT2D eigenvalue weighted by molar-refractivity contribution is 5.81. The highest BCUT2D eigenvalue weighted by Crippen LogP contribution is 2.44. The monoisotopic (exact) mass is 476 g/mol. The lowest BCUT2D eigenvalue weighted by Gasteiger charge is -2.38. The number of carbonyl (C=O) groups is 3. The Morgan fingerprint density at radius 2 is 1.66 bits per heavy atom. The number of carbonyl (C=O) groups excluding carboxylic acids is 2. The zero-order valence-electron chi connectivity index (χ0n) is 20.0. The minimum Gasteiger partial charge on any atom is -0.481 e. The molecule has 0 bridgehead atoms. The van der Waals surface area contributed by atoms with Gasteiger partial charge in [0, 0.05) is 30.5 Å². The van der Waals surface area contributed by atoms with Crippen LogP contribution in [-0.4, -0.2) is 53.2 Å². The predicted octanol–water partition coefficient (Wildman–Crippen LogP) is 4.41. The van der Waals surface area contributed by atoms with E-state index in [0.29, 0.717) is 38.6 Å². The van der Waals surface area contributed by atoms with E-state index < -0.39 is 18.0 Å². The summed E-state index contributed by atoms with van der Waals surface area (Å²) in [5.74, 6) is -1.52. The number of hydrogen-bond acceptors (Lipinski definition) is 4. The third kappa shape index (κ3) is 4.51. The first kappa shape index (κ1) is 23.4. The van der Waals surface area contributed by atoms with Crippen molar-refractivity contribution in [2.75, 3.05) is 13.2 Å². The molecular weight excluding hydrogens is 444 g/mol. The van der Waals surface area contributed by atoms with E-state index in [4.69, 9.17) is 4.74 Å². The molecule has 1 saturated heterocycles. The molecule has 2 fully saturated rings. The van der Waals surface area contributed by atoms with Crippen LogP contribution in [-0.2, 0) is 14.3 Å². The molecule has 1 aliphatic heterocycles. The van der Waals surface area contributed by atoms with Gasteiger partial charge in [-0.2, -0.15) is 0 Å². The van der Waals surface area contributed by atoms with Crippen molar-refractivity contribution in [2.45, 2.75) is 57.0 Å². The van der Waals surface area contributed by atoms with E-state index in [1.54, 1.807) is 4.90 Å². The van der Waals surface area contributed by atoms with Crippen molar-refractivity contribution in [3.63, 3.8) is 0 Å². The number of carboxylic acids is 1. The molecule has 0 spiro atoms. The summed E-state index contributed by atoms with van der Waals surface area (Å²) in [4.78, 5) is 39.0. The number of nitrogens with one attached hydrogen (secondary N) is 1. The smallest absolute Gasteiger partial charge is 0.407 e. The number of alkyl carbamates (subject to hydrolysis) is 1. The number of rotatable bonds is 5. The maximum Gasteiger partial charge on any atom is 0.407 e. The summed E-state index contributed by atoms with van der Waals surface area (Å²) in [5.41, 5.74) is 4.71. The normalized spacial score (nSPS) is 25.6. The van der Waals surface area contributed by atoms with Crippen molar-refractivity contribution < 1.29 is 24.2 Å². The lowest BCUT2D eigenvalue weighted by atomic mass is 9.89. The Labute approximate surface area is 205 Å². The Morgan fingerprint density at radius 1 is 1.00 bits per heavy atom. The van der Waals surface area contributed by atoms with Crippen molar-refractivity contribution in [3.05, 3.63) is 59.7 Å². The zero-order valence-corrected chi connectivity index (χ0v) is 20.0. The van der Waals surface area contributed by atoms with Crippen LogP contribution in [0.25, 0.3) is 11.1 Å². The van der Waals surface area contributed by atoms with Crippen molar-refractivity contribution in [1.82, 2.24) is 10.2 Å².